The van der Waals surface area contributed by atoms with Crippen LogP contribution in [-0.4, -0.2) is 4.57 Å². The molecule has 0 amide bonds. The Bertz CT molecular complexity index is 2530. The van der Waals surface area contributed by atoms with Crippen molar-refractivity contribution in [2.45, 2.75) is 0 Å². The minimum atomic E-state index is 1.15. The van der Waals surface area contributed by atoms with Crippen LogP contribution in [0.3, 0.4) is 0 Å². The van der Waals surface area contributed by atoms with E-state index in [2.05, 4.69) is 167 Å². The first kappa shape index (κ1) is 24.8. The summed E-state index contributed by atoms with van der Waals surface area (Å²) in [4.78, 5) is 2.47. The summed E-state index contributed by atoms with van der Waals surface area (Å²) in [5.41, 5.74) is 12.0. The molecule has 0 spiro atoms. The smallest absolute Gasteiger partial charge is 0.0783 e. The normalized spacial score (nSPS) is 12.4. The van der Waals surface area contributed by atoms with Crippen LogP contribution in [0, 0.1) is 0 Å². The molecular weight excluding hydrogens is 565 g/mol. The molecule has 3 heterocycles. The SMILES string of the molecule is c1ccc(-c2cc(-c3ccccc3)cc(N3c4ccccc4-n4c5cc6c(cc5c5cccc3c54)sc3ccccc36)c2)cc1. The summed E-state index contributed by atoms with van der Waals surface area (Å²) >= 11 is 1.88. The molecule has 0 bridgehead atoms. The molecule has 2 nitrogen and oxygen atoms in total. The van der Waals surface area contributed by atoms with E-state index in [4.69, 9.17) is 0 Å². The fourth-order valence-electron chi connectivity index (χ4n) is 7.28. The molecule has 0 saturated heterocycles. The molecule has 7 aromatic carbocycles. The number of hydrogen-bond donors (Lipinski definition) is 0. The summed E-state index contributed by atoms with van der Waals surface area (Å²) in [6, 6.07) is 57.7. The van der Waals surface area contributed by atoms with Crippen molar-refractivity contribution in [3.05, 3.63) is 158 Å². The zero-order valence-electron chi connectivity index (χ0n) is 24.3. The van der Waals surface area contributed by atoms with Gasteiger partial charge in [-0.3, -0.25) is 0 Å². The lowest BCUT2D eigenvalue weighted by molar-refractivity contribution is 1.11. The highest BCUT2D eigenvalue weighted by atomic mass is 32.1. The van der Waals surface area contributed by atoms with Crippen LogP contribution in [0.4, 0.5) is 17.1 Å². The number of aromatic nitrogens is 1. The molecule has 0 aliphatic carbocycles. The molecule has 10 rings (SSSR count). The van der Waals surface area contributed by atoms with E-state index >= 15 is 0 Å². The van der Waals surface area contributed by atoms with E-state index in [0.29, 0.717) is 0 Å². The van der Waals surface area contributed by atoms with Crippen LogP contribution in [0.5, 0.6) is 0 Å². The van der Waals surface area contributed by atoms with Gasteiger partial charge in [-0.05, 0) is 76.9 Å². The van der Waals surface area contributed by atoms with Gasteiger partial charge < -0.3 is 9.47 Å². The largest absolute Gasteiger partial charge is 0.306 e. The van der Waals surface area contributed by atoms with Crippen LogP contribution in [0.25, 0.3) is 69.9 Å². The lowest BCUT2D eigenvalue weighted by Crippen LogP contribution is -2.18. The second kappa shape index (κ2) is 9.43. The minimum absolute atomic E-state index is 1.15. The Morgan fingerprint density at radius 1 is 0.378 bits per heavy atom. The third-order valence-corrected chi connectivity index (χ3v) is 10.4. The molecule has 45 heavy (non-hydrogen) atoms. The molecule has 9 aromatic rings. The summed E-state index contributed by atoms with van der Waals surface area (Å²) < 4.78 is 5.17. The number of anilines is 3. The Labute approximate surface area is 264 Å². The van der Waals surface area contributed by atoms with Crippen molar-refractivity contribution in [2.75, 3.05) is 4.90 Å². The van der Waals surface area contributed by atoms with Crippen molar-refractivity contribution in [3.8, 4) is 27.9 Å². The fraction of sp³-hybridized carbons (Fsp3) is 0. The third-order valence-electron chi connectivity index (χ3n) is 9.26. The predicted molar refractivity (Wildman–Crippen MR) is 193 cm³/mol. The highest BCUT2D eigenvalue weighted by Crippen LogP contribution is 2.51. The van der Waals surface area contributed by atoms with E-state index in [1.807, 2.05) is 11.3 Å². The maximum absolute atomic E-state index is 2.50. The number of nitrogens with zero attached hydrogens (tertiary/aromatic N) is 2. The molecule has 0 N–H and O–H groups in total. The summed E-state index contributed by atoms with van der Waals surface area (Å²) in [5, 5.41) is 5.23. The summed E-state index contributed by atoms with van der Waals surface area (Å²) in [7, 11) is 0. The monoisotopic (exact) mass is 590 g/mol. The summed E-state index contributed by atoms with van der Waals surface area (Å²) in [5.74, 6) is 0. The molecule has 0 fully saturated rings. The molecule has 1 aliphatic heterocycles. The third kappa shape index (κ3) is 3.62. The molecule has 2 aromatic heterocycles. The Hall–Kier alpha value is -5.64. The lowest BCUT2D eigenvalue weighted by Gasteiger charge is -2.33. The summed E-state index contributed by atoms with van der Waals surface area (Å²) in [6.07, 6.45) is 0. The second-order valence-electron chi connectivity index (χ2n) is 11.8. The highest BCUT2D eigenvalue weighted by Gasteiger charge is 2.29. The van der Waals surface area contributed by atoms with E-state index in [9.17, 15) is 0 Å². The maximum atomic E-state index is 2.50. The average molecular weight is 591 g/mol. The zero-order valence-corrected chi connectivity index (χ0v) is 25.1. The van der Waals surface area contributed by atoms with E-state index in [1.54, 1.807) is 0 Å². The number of hydrogen-bond acceptors (Lipinski definition) is 2. The van der Waals surface area contributed by atoms with Gasteiger partial charge in [0, 0.05) is 36.6 Å². The van der Waals surface area contributed by atoms with Crippen molar-refractivity contribution >= 4 is 70.4 Å². The molecule has 0 unspecified atom stereocenters. The Balaban J connectivity index is 1.29. The number of benzene rings is 7. The quantitative estimate of drug-likeness (QED) is 0.199. The van der Waals surface area contributed by atoms with Crippen LogP contribution >= 0.6 is 11.3 Å². The molecule has 3 heteroatoms. The van der Waals surface area contributed by atoms with Crippen LogP contribution < -0.4 is 4.90 Å². The standard InChI is InChI=1S/C42H26N2S/c1-3-12-27(13-4-1)29-22-30(28-14-5-2-6-15-28)24-31(23-29)43-36-18-8-9-19-37(36)44-39-25-35-32-16-7-10-21-40(32)45-41(35)26-34(39)33-17-11-20-38(43)42(33)44/h1-26H. The van der Waals surface area contributed by atoms with Crippen molar-refractivity contribution in [1.82, 2.24) is 4.57 Å². The van der Waals surface area contributed by atoms with Crippen LogP contribution in [-0.2, 0) is 0 Å². The number of rotatable bonds is 3. The van der Waals surface area contributed by atoms with E-state index < -0.39 is 0 Å². The number of fused-ring (bicyclic) bond motifs is 8. The minimum Gasteiger partial charge on any atom is -0.306 e. The molecule has 210 valence electrons. The van der Waals surface area contributed by atoms with E-state index in [1.165, 1.54) is 81.3 Å². The van der Waals surface area contributed by atoms with Crippen LogP contribution in [0.1, 0.15) is 0 Å². The first-order valence-corrected chi connectivity index (χ1v) is 16.2. The van der Waals surface area contributed by atoms with Gasteiger partial charge in [0.05, 0.1) is 28.1 Å². The van der Waals surface area contributed by atoms with Crippen molar-refractivity contribution in [2.24, 2.45) is 0 Å². The Kier molecular flexibility index (Phi) is 5.19. The van der Waals surface area contributed by atoms with Gasteiger partial charge >= 0.3 is 0 Å². The van der Waals surface area contributed by atoms with Gasteiger partial charge in [0.2, 0.25) is 0 Å². The molecule has 0 saturated carbocycles. The van der Waals surface area contributed by atoms with Gasteiger partial charge in [0.25, 0.3) is 0 Å². The van der Waals surface area contributed by atoms with Gasteiger partial charge in [-0.2, -0.15) is 0 Å². The molecule has 0 atom stereocenters. The molecule has 0 radical (unpaired) electrons. The van der Waals surface area contributed by atoms with Crippen molar-refractivity contribution in [1.29, 1.82) is 0 Å². The molecule has 1 aliphatic rings. The van der Waals surface area contributed by atoms with Crippen LogP contribution in [0.15, 0.2) is 158 Å². The van der Waals surface area contributed by atoms with Gasteiger partial charge in [0.1, 0.15) is 0 Å². The first-order valence-electron chi connectivity index (χ1n) is 15.4. The van der Waals surface area contributed by atoms with Gasteiger partial charge in [-0.15, -0.1) is 11.3 Å². The number of thiophene rings is 1. The Morgan fingerprint density at radius 3 is 1.76 bits per heavy atom. The lowest BCUT2D eigenvalue weighted by atomic mass is 9.97. The van der Waals surface area contributed by atoms with Gasteiger partial charge in [-0.25, -0.2) is 0 Å². The second-order valence-corrected chi connectivity index (χ2v) is 12.9. The van der Waals surface area contributed by atoms with E-state index in [0.717, 1.165) is 5.69 Å². The van der Waals surface area contributed by atoms with Crippen molar-refractivity contribution < 1.29 is 0 Å². The van der Waals surface area contributed by atoms with E-state index in [-0.39, 0.29) is 0 Å². The first-order chi connectivity index (χ1) is 22.3. The van der Waals surface area contributed by atoms with Crippen LogP contribution in [0.2, 0.25) is 0 Å². The Morgan fingerprint density at radius 2 is 1.00 bits per heavy atom. The van der Waals surface area contributed by atoms with Gasteiger partial charge in [-0.1, -0.05) is 103 Å². The maximum Gasteiger partial charge on any atom is 0.0783 e. The molecular formula is C42H26N2S. The zero-order chi connectivity index (χ0) is 29.5. The van der Waals surface area contributed by atoms with Crippen molar-refractivity contribution in [3.63, 3.8) is 0 Å². The average Bonchev–Trinajstić information content (AvgIpc) is 3.64. The predicted octanol–water partition coefficient (Wildman–Crippen LogP) is 12.3. The summed E-state index contributed by atoms with van der Waals surface area (Å²) in [6.45, 7) is 0. The topological polar surface area (TPSA) is 8.17 Å². The fourth-order valence-corrected chi connectivity index (χ4v) is 8.41. The number of para-hydroxylation sites is 3. The highest BCUT2D eigenvalue weighted by molar-refractivity contribution is 7.25. The van der Waals surface area contributed by atoms with Gasteiger partial charge in [0.15, 0.2) is 0 Å².